The first-order valence-electron chi connectivity index (χ1n) is 3.33. The Morgan fingerprint density at radius 2 is 2.36 bits per heavy atom. The van der Waals surface area contributed by atoms with Crippen LogP contribution in [0.3, 0.4) is 0 Å². The summed E-state index contributed by atoms with van der Waals surface area (Å²) in [4.78, 5) is 13.5. The second-order valence-corrected chi connectivity index (χ2v) is 2.36. The van der Waals surface area contributed by atoms with Crippen LogP contribution in [0.4, 0.5) is 0 Å². The molecule has 0 heterocycles. The van der Waals surface area contributed by atoms with E-state index in [4.69, 9.17) is 5.73 Å². The van der Waals surface area contributed by atoms with Crippen LogP contribution < -0.4 is 5.73 Å². The lowest BCUT2D eigenvalue weighted by Gasteiger charge is -1.86. The summed E-state index contributed by atoms with van der Waals surface area (Å²) in [5, 5.41) is 10.1. The highest BCUT2D eigenvalue weighted by atomic mass is 16.6. The number of nitrogens with two attached hydrogens (primary N) is 1. The molecule has 60 valence electrons. The Hall–Kier alpha value is -1.39. The maximum atomic E-state index is 10.1. The molecule has 0 amide bonds. The zero-order chi connectivity index (χ0) is 8.27. The third-order valence-corrected chi connectivity index (χ3v) is 1.35. The molecule has 11 heavy (non-hydrogen) atoms. The number of nitro groups is 1. The molecule has 0 radical (unpaired) electrons. The summed E-state index contributed by atoms with van der Waals surface area (Å²) in [6, 6.07) is 0.296. The highest BCUT2D eigenvalue weighted by Crippen LogP contribution is 2.22. The Balaban J connectivity index is 2.49. The van der Waals surface area contributed by atoms with Crippen LogP contribution in [-0.2, 0) is 0 Å². The zero-order valence-electron chi connectivity index (χ0n) is 5.93. The van der Waals surface area contributed by atoms with Gasteiger partial charge in [0, 0.05) is 0 Å². The molecule has 1 aliphatic rings. The molecule has 0 aliphatic heterocycles. The van der Waals surface area contributed by atoms with Crippen molar-refractivity contribution in [2.75, 3.05) is 0 Å². The number of nitrogens with zero attached hydrogens (tertiary/aromatic N) is 2. The summed E-state index contributed by atoms with van der Waals surface area (Å²) < 4.78 is 0. The van der Waals surface area contributed by atoms with E-state index in [1.165, 1.54) is 6.21 Å². The smallest absolute Gasteiger partial charge is 0.302 e. The number of hydrogen-bond acceptors (Lipinski definition) is 4. The topological polar surface area (TPSA) is 81.5 Å². The molecule has 0 aromatic heterocycles. The molecule has 1 saturated carbocycles. The summed E-state index contributed by atoms with van der Waals surface area (Å²) in [6.45, 7) is 0. The number of aliphatic imine (C=N–C) groups is 1. The van der Waals surface area contributed by atoms with Gasteiger partial charge in [0.2, 0.25) is 0 Å². The van der Waals surface area contributed by atoms with Gasteiger partial charge in [-0.3, -0.25) is 15.1 Å². The van der Waals surface area contributed by atoms with Crippen LogP contribution in [0, 0.1) is 10.1 Å². The minimum Gasteiger partial charge on any atom is -0.399 e. The van der Waals surface area contributed by atoms with Crippen LogP contribution in [0.2, 0.25) is 0 Å². The van der Waals surface area contributed by atoms with Crippen molar-refractivity contribution in [2.24, 2.45) is 10.7 Å². The first-order chi connectivity index (χ1) is 5.24. The second kappa shape index (κ2) is 3.14. The molecule has 1 rings (SSSR count). The van der Waals surface area contributed by atoms with Gasteiger partial charge in [-0.2, -0.15) is 0 Å². The lowest BCUT2D eigenvalue weighted by molar-refractivity contribution is -0.414. The van der Waals surface area contributed by atoms with Gasteiger partial charge < -0.3 is 5.73 Å². The fourth-order valence-corrected chi connectivity index (χ4v) is 0.556. The van der Waals surface area contributed by atoms with Crippen molar-refractivity contribution >= 4 is 6.21 Å². The van der Waals surface area contributed by atoms with Crippen molar-refractivity contribution < 1.29 is 4.92 Å². The Morgan fingerprint density at radius 3 is 2.73 bits per heavy atom. The quantitative estimate of drug-likeness (QED) is 0.361. The summed E-state index contributed by atoms with van der Waals surface area (Å²) in [5.74, 6) is 0. The Morgan fingerprint density at radius 1 is 1.73 bits per heavy atom. The molecule has 0 bridgehead atoms. The highest BCUT2D eigenvalue weighted by molar-refractivity contribution is 5.75. The van der Waals surface area contributed by atoms with E-state index in [2.05, 4.69) is 4.99 Å². The fourth-order valence-electron chi connectivity index (χ4n) is 0.556. The normalized spacial score (nSPS) is 19.1. The predicted molar refractivity (Wildman–Crippen MR) is 40.8 cm³/mol. The standard InChI is InChI=1S/C6H9N3O2/c7-3-6(9(10)11)4-8-5-1-2-5/h3-5H,1-2,7H2. The minimum absolute atomic E-state index is 0.142. The van der Waals surface area contributed by atoms with Crippen molar-refractivity contribution in [2.45, 2.75) is 18.9 Å². The Labute approximate surface area is 63.8 Å². The first kappa shape index (κ1) is 7.71. The number of allylic oxidation sites excluding steroid dienone is 1. The molecular formula is C6H9N3O2. The summed E-state index contributed by atoms with van der Waals surface area (Å²) in [7, 11) is 0. The molecule has 0 atom stereocenters. The summed E-state index contributed by atoms with van der Waals surface area (Å²) in [6.07, 6.45) is 4.24. The van der Waals surface area contributed by atoms with Gasteiger partial charge >= 0.3 is 5.70 Å². The SMILES string of the molecule is NC=C(C=NC1CC1)[N+](=O)[O-]. The van der Waals surface area contributed by atoms with Crippen molar-refractivity contribution in [1.82, 2.24) is 0 Å². The van der Waals surface area contributed by atoms with Gasteiger partial charge in [-0.1, -0.05) is 0 Å². The summed E-state index contributed by atoms with van der Waals surface area (Å²) in [5.41, 5.74) is 4.84. The van der Waals surface area contributed by atoms with Gasteiger partial charge in [-0.15, -0.1) is 0 Å². The average molecular weight is 155 g/mol. The zero-order valence-corrected chi connectivity index (χ0v) is 5.93. The highest BCUT2D eigenvalue weighted by Gasteiger charge is 2.20. The van der Waals surface area contributed by atoms with Crippen LogP contribution in [0.1, 0.15) is 12.8 Å². The molecule has 1 fully saturated rings. The van der Waals surface area contributed by atoms with E-state index in [1.807, 2.05) is 0 Å². The molecule has 0 unspecified atom stereocenters. The molecular weight excluding hydrogens is 146 g/mol. The molecule has 5 heteroatoms. The molecule has 5 nitrogen and oxygen atoms in total. The van der Waals surface area contributed by atoms with Gasteiger partial charge in [0.05, 0.1) is 17.2 Å². The van der Waals surface area contributed by atoms with Crippen molar-refractivity contribution in [3.05, 3.63) is 22.0 Å². The fraction of sp³-hybridized carbons (Fsp3) is 0.500. The van der Waals surface area contributed by atoms with Crippen molar-refractivity contribution in [3.8, 4) is 0 Å². The van der Waals surface area contributed by atoms with E-state index in [9.17, 15) is 10.1 Å². The molecule has 1 aliphatic carbocycles. The first-order valence-corrected chi connectivity index (χ1v) is 3.33. The third kappa shape index (κ3) is 2.37. The van der Waals surface area contributed by atoms with Gasteiger partial charge in [0.25, 0.3) is 0 Å². The van der Waals surface area contributed by atoms with Gasteiger partial charge in [-0.05, 0) is 12.8 Å². The lowest BCUT2D eigenvalue weighted by atomic mass is 10.5. The Bertz CT molecular complexity index is 218. The molecule has 2 N–H and O–H groups in total. The van der Waals surface area contributed by atoms with E-state index < -0.39 is 4.92 Å². The van der Waals surface area contributed by atoms with E-state index >= 15 is 0 Å². The second-order valence-electron chi connectivity index (χ2n) is 2.36. The molecule has 0 saturated heterocycles. The van der Waals surface area contributed by atoms with Gasteiger partial charge in [-0.25, -0.2) is 0 Å². The molecule has 0 aromatic rings. The van der Waals surface area contributed by atoms with Crippen molar-refractivity contribution in [1.29, 1.82) is 0 Å². The maximum Gasteiger partial charge on any atom is 0.302 e. The van der Waals surface area contributed by atoms with Gasteiger partial charge in [0.1, 0.15) is 6.21 Å². The van der Waals surface area contributed by atoms with E-state index in [0.717, 1.165) is 19.0 Å². The average Bonchev–Trinajstić information content (AvgIpc) is 2.72. The largest absolute Gasteiger partial charge is 0.399 e. The predicted octanol–water partition coefficient (Wildman–Crippen LogP) is 0.296. The van der Waals surface area contributed by atoms with Crippen LogP contribution in [0.25, 0.3) is 0 Å². The molecule has 0 aromatic carbocycles. The number of rotatable bonds is 3. The monoisotopic (exact) mass is 155 g/mol. The van der Waals surface area contributed by atoms with Crippen LogP contribution in [0.5, 0.6) is 0 Å². The Kier molecular flexibility index (Phi) is 2.20. The van der Waals surface area contributed by atoms with E-state index in [-0.39, 0.29) is 5.70 Å². The van der Waals surface area contributed by atoms with Crippen molar-refractivity contribution in [3.63, 3.8) is 0 Å². The summed E-state index contributed by atoms with van der Waals surface area (Å²) >= 11 is 0. The van der Waals surface area contributed by atoms with E-state index in [0.29, 0.717) is 6.04 Å². The van der Waals surface area contributed by atoms with E-state index in [1.54, 1.807) is 0 Å². The third-order valence-electron chi connectivity index (χ3n) is 1.35. The lowest BCUT2D eigenvalue weighted by Crippen LogP contribution is -2.03. The number of hydrogen-bond donors (Lipinski definition) is 1. The minimum atomic E-state index is -0.550. The van der Waals surface area contributed by atoms with Crippen LogP contribution in [-0.4, -0.2) is 17.2 Å². The van der Waals surface area contributed by atoms with Crippen LogP contribution >= 0.6 is 0 Å². The van der Waals surface area contributed by atoms with Crippen LogP contribution in [0.15, 0.2) is 16.9 Å². The maximum absolute atomic E-state index is 10.1. The van der Waals surface area contributed by atoms with Gasteiger partial charge in [0.15, 0.2) is 0 Å². The molecule has 0 spiro atoms.